The molecule has 4 fully saturated rings. The fourth-order valence-electron chi connectivity index (χ4n) is 6.45. The lowest BCUT2D eigenvalue weighted by Crippen LogP contribution is -2.54. The zero-order chi connectivity index (χ0) is 14.0. The van der Waals surface area contributed by atoms with Crippen LogP contribution in [0.15, 0.2) is 0 Å². The van der Waals surface area contributed by atoms with E-state index in [2.05, 4.69) is 13.8 Å². The molecule has 1 unspecified atom stereocenters. The highest BCUT2D eigenvalue weighted by molar-refractivity contribution is 5.79. The highest BCUT2D eigenvalue weighted by atomic mass is 16.5. The molecule has 3 saturated carbocycles. The smallest absolute Gasteiger partial charge is 0.133 e. The zero-order valence-corrected chi connectivity index (χ0v) is 13.0. The van der Waals surface area contributed by atoms with Crippen molar-refractivity contribution in [3.63, 3.8) is 0 Å². The lowest BCUT2D eigenvalue weighted by molar-refractivity contribution is -0.145. The number of ketones is 1. The minimum absolute atomic E-state index is 0.175. The maximum Gasteiger partial charge on any atom is 0.133 e. The molecular formula is C18H28O2. The molecule has 2 heteroatoms. The van der Waals surface area contributed by atoms with Gasteiger partial charge in [-0.05, 0) is 74.5 Å². The summed E-state index contributed by atoms with van der Waals surface area (Å²) in [7, 11) is 0. The second-order valence-electron chi connectivity index (χ2n) is 8.39. The summed E-state index contributed by atoms with van der Waals surface area (Å²) in [6, 6.07) is 0. The number of Topliss-reactive ketones (excluding diaryl/α,β-unsaturated/α-hetero) is 1. The Bertz CT molecular complexity index is 431. The van der Waals surface area contributed by atoms with Crippen LogP contribution in [0.25, 0.3) is 0 Å². The van der Waals surface area contributed by atoms with Crippen molar-refractivity contribution in [2.45, 2.75) is 70.8 Å². The van der Waals surface area contributed by atoms with Crippen molar-refractivity contribution in [3.8, 4) is 0 Å². The Hall–Kier alpha value is -0.370. The molecule has 2 nitrogen and oxygen atoms in total. The van der Waals surface area contributed by atoms with E-state index in [1.54, 1.807) is 0 Å². The Kier molecular flexibility index (Phi) is 2.87. The van der Waals surface area contributed by atoms with E-state index in [1.165, 1.54) is 32.1 Å². The van der Waals surface area contributed by atoms with Gasteiger partial charge >= 0.3 is 0 Å². The van der Waals surface area contributed by atoms with Crippen molar-refractivity contribution in [2.24, 2.45) is 29.1 Å². The monoisotopic (exact) mass is 276 g/mol. The van der Waals surface area contributed by atoms with Crippen LogP contribution < -0.4 is 0 Å². The molecule has 0 aromatic rings. The predicted molar refractivity (Wildman–Crippen MR) is 78.4 cm³/mol. The topological polar surface area (TPSA) is 26.3 Å². The zero-order valence-electron chi connectivity index (χ0n) is 13.0. The van der Waals surface area contributed by atoms with Crippen LogP contribution in [0.2, 0.25) is 0 Å². The lowest BCUT2D eigenvalue weighted by atomic mass is 9.46. The van der Waals surface area contributed by atoms with Gasteiger partial charge in [0.1, 0.15) is 5.78 Å². The number of carbonyl (C=O) groups is 1. The van der Waals surface area contributed by atoms with E-state index in [0.29, 0.717) is 17.1 Å². The summed E-state index contributed by atoms with van der Waals surface area (Å²) in [6.07, 6.45) is 9.36. The summed E-state index contributed by atoms with van der Waals surface area (Å²) in [6.45, 7) is 5.85. The van der Waals surface area contributed by atoms with Crippen molar-refractivity contribution in [2.75, 3.05) is 6.61 Å². The highest BCUT2D eigenvalue weighted by Crippen LogP contribution is 2.62. The van der Waals surface area contributed by atoms with Crippen LogP contribution in [0.5, 0.6) is 0 Å². The Labute approximate surface area is 122 Å². The van der Waals surface area contributed by atoms with E-state index in [4.69, 9.17) is 4.74 Å². The van der Waals surface area contributed by atoms with Crippen molar-refractivity contribution in [3.05, 3.63) is 0 Å². The summed E-state index contributed by atoms with van der Waals surface area (Å²) in [4.78, 5) is 11.8. The summed E-state index contributed by atoms with van der Waals surface area (Å²) < 4.78 is 6.13. The Morgan fingerprint density at radius 1 is 1.05 bits per heavy atom. The Morgan fingerprint density at radius 3 is 2.75 bits per heavy atom. The van der Waals surface area contributed by atoms with E-state index in [9.17, 15) is 4.79 Å². The number of ether oxygens (including phenoxy) is 1. The van der Waals surface area contributed by atoms with Gasteiger partial charge in [0.05, 0.1) is 5.60 Å². The van der Waals surface area contributed by atoms with Crippen LogP contribution in [0, 0.1) is 29.1 Å². The molecule has 0 spiro atoms. The molecule has 0 radical (unpaired) electrons. The van der Waals surface area contributed by atoms with Gasteiger partial charge in [0.15, 0.2) is 0 Å². The van der Waals surface area contributed by atoms with Gasteiger partial charge in [0.25, 0.3) is 0 Å². The number of rotatable bonds is 0. The van der Waals surface area contributed by atoms with Crippen LogP contribution in [0.1, 0.15) is 65.2 Å². The third-order valence-corrected chi connectivity index (χ3v) is 7.68. The van der Waals surface area contributed by atoms with E-state index in [-0.39, 0.29) is 5.60 Å². The standard InChI is InChI=1S/C18H28O2/c1-17-8-5-13(19)11-12(17)3-4-14-15(17)6-9-18(2)16(14)7-10-20-18/h12,14-16H,3-11H2,1-2H3/t12?,14-,15+,16+,17+,18+/m1/s1. The Balaban J connectivity index is 1.64. The fourth-order valence-corrected chi connectivity index (χ4v) is 6.45. The second kappa shape index (κ2) is 4.32. The summed E-state index contributed by atoms with van der Waals surface area (Å²) in [5.41, 5.74) is 0.621. The van der Waals surface area contributed by atoms with Crippen LogP contribution >= 0.6 is 0 Å². The normalized spacial score (nSPS) is 55.0. The maximum atomic E-state index is 11.8. The van der Waals surface area contributed by atoms with Crippen LogP contribution in [-0.2, 0) is 9.53 Å². The maximum absolute atomic E-state index is 11.8. The largest absolute Gasteiger partial charge is 0.375 e. The molecular weight excluding hydrogens is 248 g/mol. The van der Waals surface area contributed by atoms with E-state index >= 15 is 0 Å². The molecule has 4 aliphatic rings. The lowest BCUT2D eigenvalue weighted by Gasteiger charge is -2.59. The molecule has 6 atom stereocenters. The molecule has 112 valence electrons. The molecule has 0 amide bonds. The number of fused-ring (bicyclic) bond motifs is 5. The van der Waals surface area contributed by atoms with Gasteiger partial charge < -0.3 is 4.74 Å². The van der Waals surface area contributed by atoms with Gasteiger partial charge in [-0.15, -0.1) is 0 Å². The molecule has 1 saturated heterocycles. The quantitative estimate of drug-likeness (QED) is 0.669. The number of hydrogen-bond donors (Lipinski definition) is 0. The minimum atomic E-state index is 0.175. The third-order valence-electron chi connectivity index (χ3n) is 7.68. The molecule has 20 heavy (non-hydrogen) atoms. The molecule has 0 bridgehead atoms. The van der Waals surface area contributed by atoms with E-state index in [1.807, 2.05) is 0 Å². The molecule has 1 aliphatic heterocycles. The van der Waals surface area contributed by atoms with Gasteiger partial charge in [-0.25, -0.2) is 0 Å². The van der Waals surface area contributed by atoms with Crippen molar-refractivity contribution in [1.29, 1.82) is 0 Å². The third kappa shape index (κ3) is 1.70. The first-order valence-corrected chi connectivity index (χ1v) is 8.69. The van der Waals surface area contributed by atoms with Crippen molar-refractivity contribution < 1.29 is 9.53 Å². The average Bonchev–Trinajstić information content (AvgIpc) is 2.81. The second-order valence-corrected chi connectivity index (χ2v) is 8.39. The van der Waals surface area contributed by atoms with E-state index < -0.39 is 0 Å². The van der Waals surface area contributed by atoms with Crippen molar-refractivity contribution in [1.82, 2.24) is 0 Å². The average molecular weight is 276 g/mol. The number of hydrogen-bond acceptors (Lipinski definition) is 2. The SMILES string of the molecule is C[C@]12CCC(=O)CC1CC[C@@H]1[C@@H]2CC[C@]2(C)OCC[C@@H]12. The van der Waals surface area contributed by atoms with Crippen molar-refractivity contribution >= 4 is 5.78 Å². The first-order chi connectivity index (χ1) is 9.53. The predicted octanol–water partition coefficient (Wildman–Crippen LogP) is 3.98. The molecule has 4 rings (SSSR count). The first-order valence-electron chi connectivity index (χ1n) is 8.69. The Morgan fingerprint density at radius 2 is 1.90 bits per heavy atom. The highest BCUT2D eigenvalue weighted by Gasteiger charge is 2.58. The molecule has 1 heterocycles. The number of carbonyl (C=O) groups excluding carboxylic acids is 1. The fraction of sp³-hybridized carbons (Fsp3) is 0.944. The van der Waals surface area contributed by atoms with Crippen LogP contribution in [-0.4, -0.2) is 18.0 Å². The van der Waals surface area contributed by atoms with Gasteiger partial charge in [-0.2, -0.15) is 0 Å². The van der Waals surface area contributed by atoms with Gasteiger partial charge in [0, 0.05) is 19.4 Å². The molecule has 0 aromatic carbocycles. The van der Waals surface area contributed by atoms with Crippen LogP contribution in [0.3, 0.4) is 0 Å². The first kappa shape index (κ1) is 13.3. The van der Waals surface area contributed by atoms with Gasteiger partial charge in [-0.3, -0.25) is 4.79 Å². The molecule has 3 aliphatic carbocycles. The minimum Gasteiger partial charge on any atom is -0.375 e. The van der Waals surface area contributed by atoms with E-state index in [0.717, 1.165) is 43.6 Å². The summed E-state index contributed by atoms with van der Waals surface area (Å²) in [5.74, 6) is 3.71. The summed E-state index contributed by atoms with van der Waals surface area (Å²) in [5, 5.41) is 0. The molecule has 0 N–H and O–H groups in total. The van der Waals surface area contributed by atoms with Gasteiger partial charge in [-0.1, -0.05) is 6.92 Å². The molecule has 0 aromatic heterocycles. The van der Waals surface area contributed by atoms with Crippen LogP contribution in [0.4, 0.5) is 0 Å². The van der Waals surface area contributed by atoms with Gasteiger partial charge in [0.2, 0.25) is 0 Å². The summed E-state index contributed by atoms with van der Waals surface area (Å²) >= 11 is 0.